The van der Waals surface area contributed by atoms with Crippen LogP contribution in [-0.4, -0.2) is 22.6 Å². The van der Waals surface area contributed by atoms with Gasteiger partial charge in [-0.15, -0.1) is 0 Å². The van der Waals surface area contributed by atoms with Crippen molar-refractivity contribution in [2.45, 2.75) is 58.5 Å². The molecule has 0 spiro atoms. The molecule has 0 unspecified atom stereocenters. The molecule has 4 rings (SSSR count). The van der Waals surface area contributed by atoms with E-state index in [-0.39, 0.29) is 11.4 Å². The van der Waals surface area contributed by atoms with Gasteiger partial charge in [0.25, 0.3) is 0 Å². The first-order valence-corrected chi connectivity index (χ1v) is 11.1. The third kappa shape index (κ3) is 3.99. The first kappa shape index (κ1) is 21.0. The van der Waals surface area contributed by atoms with Crippen molar-refractivity contribution in [1.29, 1.82) is 0 Å². The van der Waals surface area contributed by atoms with Crippen LogP contribution in [0.2, 0.25) is 5.02 Å². The van der Waals surface area contributed by atoms with Gasteiger partial charge in [-0.25, -0.2) is 4.79 Å². The summed E-state index contributed by atoms with van der Waals surface area (Å²) in [6, 6.07) is 12.1. The second kappa shape index (κ2) is 8.83. The Hall–Kier alpha value is -2.30. The summed E-state index contributed by atoms with van der Waals surface area (Å²) in [5.74, 6) is 0.0166. The zero-order valence-corrected chi connectivity index (χ0v) is 18.3. The van der Waals surface area contributed by atoms with Crippen LogP contribution in [0.15, 0.2) is 45.6 Å². The van der Waals surface area contributed by atoms with E-state index in [1.807, 2.05) is 37.3 Å². The Labute approximate surface area is 182 Å². The highest BCUT2D eigenvalue weighted by atomic mass is 35.5. The number of nitrogens with zero attached hydrogens (tertiary/aromatic N) is 1. The van der Waals surface area contributed by atoms with Crippen molar-refractivity contribution >= 4 is 22.6 Å². The minimum absolute atomic E-state index is 0.0166. The number of hydrogen-bond donors (Lipinski definition) is 1. The van der Waals surface area contributed by atoms with Crippen LogP contribution in [0.25, 0.3) is 11.0 Å². The predicted octanol–water partition coefficient (Wildman–Crippen LogP) is 5.82. The molecule has 0 amide bonds. The van der Waals surface area contributed by atoms with E-state index in [1.165, 1.54) is 6.42 Å². The third-order valence-corrected chi connectivity index (χ3v) is 6.69. The number of fused-ring (bicyclic) bond motifs is 1. The number of halogens is 1. The molecule has 1 atom stereocenters. The molecule has 1 aromatic heterocycles. The second-order valence-electron chi connectivity index (χ2n) is 8.25. The zero-order valence-electron chi connectivity index (χ0n) is 17.6. The maximum absolute atomic E-state index is 12.9. The van der Waals surface area contributed by atoms with Crippen LogP contribution < -0.4 is 5.63 Å². The van der Waals surface area contributed by atoms with Gasteiger partial charge in [0.05, 0.1) is 10.6 Å². The van der Waals surface area contributed by atoms with E-state index in [1.54, 1.807) is 6.07 Å². The summed E-state index contributed by atoms with van der Waals surface area (Å²) in [5.41, 5.74) is 3.26. The van der Waals surface area contributed by atoms with Crippen LogP contribution in [0.3, 0.4) is 0 Å². The van der Waals surface area contributed by atoms with Gasteiger partial charge < -0.3 is 9.52 Å². The normalized spacial score (nSPS) is 17.5. The number of phenolic OH excluding ortho intramolecular Hbond substituents is 1. The van der Waals surface area contributed by atoms with Crippen LogP contribution in [0.4, 0.5) is 0 Å². The van der Waals surface area contributed by atoms with Crippen molar-refractivity contribution < 1.29 is 9.52 Å². The average Bonchev–Trinajstić information content (AvgIpc) is 2.76. The minimum atomic E-state index is -0.350. The Balaban J connectivity index is 1.81. The van der Waals surface area contributed by atoms with Crippen LogP contribution in [0.1, 0.15) is 54.9 Å². The molecule has 0 saturated carbocycles. The van der Waals surface area contributed by atoms with Gasteiger partial charge >= 0.3 is 5.63 Å². The Morgan fingerprint density at radius 2 is 1.97 bits per heavy atom. The van der Waals surface area contributed by atoms with E-state index in [4.69, 9.17) is 16.0 Å². The standard InChI is InChI=1S/C25H28ClNO3/c1-3-18-11-7-8-12-27(18)15-21-23(28)22(26)14-19-16(2)20(25(29)30-24(19)21)13-17-9-5-4-6-10-17/h4-6,9-10,14,18,28H,3,7-8,11-13,15H2,1-2H3/t18-/m0/s1. The van der Waals surface area contributed by atoms with E-state index >= 15 is 0 Å². The number of phenols is 1. The number of rotatable bonds is 5. The lowest BCUT2D eigenvalue weighted by Gasteiger charge is -2.35. The van der Waals surface area contributed by atoms with E-state index in [0.717, 1.165) is 42.3 Å². The molecule has 1 N–H and O–H groups in total. The number of hydrogen-bond acceptors (Lipinski definition) is 4. The monoisotopic (exact) mass is 425 g/mol. The molecule has 3 aromatic rings. The summed E-state index contributed by atoms with van der Waals surface area (Å²) in [7, 11) is 0. The summed E-state index contributed by atoms with van der Waals surface area (Å²) < 4.78 is 5.82. The number of benzene rings is 2. The fraction of sp³-hybridized carbons (Fsp3) is 0.400. The van der Waals surface area contributed by atoms with Crippen molar-refractivity contribution in [3.8, 4) is 5.75 Å². The van der Waals surface area contributed by atoms with E-state index in [2.05, 4.69) is 11.8 Å². The van der Waals surface area contributed by atoms with Gasteiger partial charge in [0.15, 0.2) is 0 Å². The molecule has 1 fully saturated rings. The van der Waals surface area contributed by atoms with Gasteiger partial charge in [-0.1, -0.05) is 55.3 Å². The fourth-order valence-electron chi connectivity index (χ4n) is 4.62. The highest BCUT2D eigenvalue weighted by Gasteiger charge is 2.25. The lowest BCUT2D eigenvalue weighted by atomic mass is 9.96. The smallest absolute Gasteiger partial charge is 0.340 e. The number of aromatic hydroxyl groups is 1. The Kier molecular flexibility index (Phi) is 6.16. The maximum atomic E-state index is 12.9. The maximum Gasteiger partial charge on any atom is 0.340 e. The molecule has 158 valence electrons. The van der Waals surface area contributed by atoms with Crippen molar-refractivity contribution in [3.63, 3.8) is 0 Å². The van der Waals surface area contributed by atoms with E-state index in [9.17, 15) is 9.90 Å². The van der Waals surface area contributed by atoms with E-state index in [0.29, 0.717) is 40.7 Å². The van der Waals surface area contributed by atoms with Gasteiger partial charge in [-0.3, -0.25) is 4.90 Å². The molecular weight excluding hydrogens is 398 g/mol. The first-order chi connectivity index (χ1) is 14.5. The minimum Gasteiger partial charge on any atom is -0.506 e. The number of likely N-dealkylation sites (tertiary alicyclic amines) is 1. The van der Waals surface area contributed by atoms with Crippen molar-refractivity contribution in [2.75, 3.05) is 6.54 Å². The van der Waals surface area contributed by atoms with Crippen LogP contribution in [0, 0.1) is 6.92 Å². The van der Waals surface area contributed by atoms with Gasteiger partial charge in [0.1, 0.15) is 11.3 Å². The largest absolute Gasteiger partial charge is 0.506 e. The SMILES string of the molecule is CC[C@H]1CCCCN1Cc1c(O)c(Cl)cc2c(C)c(Cc3ccccc3)c(=O)oc12. The van der Waals surface area contributed by atoms with Gasteiger partial charge in [0.2, 0.25) is 0 Å². The molecule has 0 bridgehead atoms. The van der Waals surface area contributed by atoms with Crippen LogP contribution in [0.5, 0.6) is 5.75 Å². The van der Waals surface area contributed by atoms with Crippen LogP contribution >= 0.6 is 11.6 Å². The Bertz CT molecular complexity index is 1110. The van der Waals surface area contributed by atoms with Crippen molar-refractivity contribution in [2.24, 2.45) is 0 Å². The van der Waals surface area contributed by atoms with Gasteiger partial charge in [0, 0.05) is 30.0 Å². The Morgan fingerprint density at radius 3 is 2.70 bits per heavy atom. The van der Waals surface area contributed by atoms with Crippen molar-refractivity contribution in [1.82, 2.24) is 4.90 Å². The lowest BCUT2D eigenvalue weighted by Crippen LogP contribution is -2.38. The topological polar surface area (TPSA) is 53.7 Å². The molecule has 2 aromatic carbocycles. The second-order valence-corrected chi connectivity index (χ2v) is 8.65. The highest BCUT2D eigenvalue weighted by Crippen LogP contribution is 2.38. The molecule has 0 radical (unpaired) electrons. The number of aryl methyl sites for hydroxylation is 1. The quantitative estimate of drug-likeness (QED) is 0.523. The lowest BCUT2D eigenvalue weighted by molar-refractivity contribution is 0.135. The summed E-state index contributed by atoms with van der Waals surface area (Å²) in [5, 5.41) is 11.8. The molecule has 4 nitrogen and oxygen atoms in total. The van der Waals surface area contributed by atoms with Crippen LogP contribution in [-0.2, 0) is 13.0 Å². The molecular formula is C25H28ClNO3. The summed E-state index contributed by atoms with van der Waals surface area (Å²) in [6.07, 6.45) is 5.08. The first-order valence-electron chi connectivity index (χ1n) is 10.7. The zero-order chi connectivity index (χ0) is 21.3. The molecule has 1 aliphatic heterocycles. The summed E-state index contributed by atoms with van der Waals surface area (Å²) in [6.45, 7) is 5.63. The number of piperidine rings is 1. The molecule has 5 heteroatoms. The highest BCUT2D eigenvalue weighted by molar-refractivity contribution is 6.33. The average molecular weight is 426 g/mol. The fourth-order valence-corrected chi connectivity index (χ4v) is 4.85. The predicted molar refractivity (Wildman–Crippen MR) is 121 cm³/mol. The van der Waals surface area contributed by atoms with E-state index < -0.39 is 0 Å². The van der Waals surface area contributed by atoms with Gasteiger partial charge in [-0.05, 0) is 49.9 Å². The third-order valence-electron chi connectivity index (χ3n) is 6.40. The molecule has 1 saturated heterocycles. The van der Waals surface area contributed by atoms with Crippen molar-refractivity contribution in [3.05, 3.63) is 74.1 Å². The van der Waals surface area contributed by atoms with Gasteiger partial charge in [-0.2, -0.15) is 0 Å². The molecule has 1 aliphatic rings. The summed E-state index contributed by atoms with van der Waals surface area (Å²) >= 11 is 6.42. The molecule has 2 heterocycles. The summed E-state index contributed by atoms with van der Waals surface area (Å²) in [4.78, 5) is 15.3. The molecule has 30 heavy (non-hydrogen) atoms. The molecule has 0 aliphatic carbocycles. The Morgan fingerprint density at radius 1 is 1.20 bits per heavy atom.